The SMILES string of the molecule is O=C1c2ccccc2C2c3ccccc3C(CO)CN12. The largest absolute Gasteiger partial charge is 0.396 e. The van der Waals surface area contributed by atoms with Gasteiger partial charge in [0, 0.05) is 18.0 Å². The molecule has 0 aromatic heterocycles. The number of aliphatic hydroxyl groups excluding tert-OH is 1. The third-order valence-corrected chi connectivity index (χ3v) is 4.43. The smallest absolute Gasteiger partial charge is 0.255 e. The van der Waals surface area contributed by atoms with Gasteiger partial charge in [0.15, 0.2) is 0 Å². The van der Waals surface area contributed by atoms with Crippen molar-refractivity contribution < 1.29 is 9.90 Å². The molecule has 3 nitrogen and oxygen atoms in total. The number of aliphatic hydroxyl groups is 1. The molecule has 2 unspecified atom stereocenters. The van der Waals surface area contributed by atoms with Gasteiger partial charge in [-0.2, -0.15) is 0 Å². The molecule has 0 aliphatic carbocycles. The molecule has 2 aromatic carbocycles. The molecule has 2 atom stereocenters. The van der Waals surface area contributed by atoms with Crippen LogP contribution in [0, 0.1) is 0 Å². The summed E-state index contributed by atoms with van der Waals surface area (Å²) in [5, 5.41) is 9.62. The number of carbonyl (C=O) groups is 1. The Morgan fingerprint density at radius 1 is 1.00 bits per heavy atom. The van der Waals surface area contributed by atoms with Gasteiger partial charge in [0.05, 0.1) is 12.6 Å². The number of carbonyl (C=O) groups excluding carboxylic acids is 1. The van der Waals surface area contributed by atoms with E-state index in [0.29, 0.717) is 6.54 Å². The van der Waals surface area contributed by atoms with Crippen LogP contribution in [-0.2, 0) is 0 Å². The zero-order valence-electron chi connectivity index (χ0n) is 11.0. The first-order chi connectivity index (χ1) is 9.81. The predicted molar refractivity (Wildman–Crippen MR) is 75.6 cm³/mol. The number of rotatable bonds is 1. The van der Waals surface area contributed by atoms with Crippen molar-refractivity contribution in [1.29, 1.82) is 0 Å². The molecular weight excluding hydrogens is 250 g/mol. The highest BCUT2D eigenvalue weighted by molar-refractivity contribution is 6.00. The fraction of sp³-hybridized carbons (Fsp3) is 0.235. The van der Waals surface area contributed by atoms with Gasteiger partial charge in [0.2, 0.25) is 0 Å². The van der Waals surface area contributed by atoms with Crippen LogP contribution >= 0.6 is 0 Å². The summed E-state index contributed by atoms with van der Waals surface area (Å²) in [6, 6.07) is 16.0. The summed E-state index contributed by atoms with van der Waals surface area (Å²) in [6.07, 6.45) is 0. The molecule has 1 N–H and O–H groups in total. The molecule has 1 amide bonds. The third-order valence-electron chi connectivity index (χ3n) is 4.43. The van der Waals surface area contributed by atoms with Crippen LogP contribution in [0.4, 0.5) is 0 Å². The number of benzene rings is 2. The van der Waals surface area contributed by atoms with Crippen LogP contribution in [0.15, 0.2) is 48.5 Å². The molecule has 0 saturated heterocycles. The lowest BCUT2D eigenvalue weighted by molar-refractivity contribution is 0.0700. The van der Waals surface area contributed by atoms with Crippen molar-refractivity contribution >= 4 is 5.91 Å². The van der Waals surface area contributed by atoms with E-state index >= 15 is 0 Å². The quantitative estimate of drug-likeness (QED) is 0.859. The average molecular weight is 265 g/mol. The van der Waals surface area contributed by atoms with Crippen LogP contribution < -0.4 is 0 Å². The summed E-state index contributed by atoms with van der Waals surface area (Å²) in [5.74, 6) is 0.0965. The zero-order valence-corrected chi connectivity index (χ0v) is 11.0. The maximum Gasteiger partial charge on any atom is 0.255 e. The molecule has 0 spiro atoms. The molecule has 0 radical (unpaired) electrons. The summed E-state index contributed by atoms with van der Waals surface area (Å²) < 4.78 is 0. The fourth-order valence-corrected chi connectivity index (χ4v) is 3.52. The lowest BCUT2D eigenvalue weighted by Gasteiger charge is -2.36. The van der Waals surface area contributed by atoms with E-state index in [1.54, 1.807) is 0 Å². The summed E-state index contributed by atoms with van der Waals surface area (Å²) in [4.78, 5) is 14.4. The first-order valence-electron chi connectivity index (χ1n) is 6.91. The van der Waals surface area contributed by atoms with Crippen LogP contribution in [0.3, 0.4) is 0 Å². The van der Waals surface area contributed by atoms with Gasteiger partial charge in [0.1, 0.15) is 0 Å². The standard InChI is InChI=1S/C17H15NO2/c19-10-11-9-18-16(13-6-2-1-5-12(11)13)14-7-3-4-8-15(14)17(18)20/h1-8,11,16,19H,9-10H2. The van der Waals surface area contributed by atoms with Gasteiger partial charge in [-0.1, -0.05) is 42.5 Å². The summed E-state index contributed by atoms with van der Waals surface area (Å²) in [6.45, 7) is 0.662. The second-order valence-corrected chi connectivity index (χ2v) is 5.46. The summed E-state index contributed by atoms with van der Waals surface area (Å²) >= 11 is 0. The summed E-state index contributed by atoms with van der Waals surface area (Å²) in [5.41, 5.74) is 4.20. The van der Waals surface area contributed by atoms with E-state index in [1.807, 2.05) is 41.3 Å². The summed E-state index contributed by atoms with van der Waals surface area (Å²) in [7, 11) is 0. The van der Waals surface area contributed by atoms with E-state index in [1.165, 1.54) is 5.56 Å². The van der Waals surface area contributed by atoms with Gasteiger partial charge >= 0.3 is 0 Å². The van der Waals surface area contributed by atoms with Crippen LogP contribution in [-0.4, -0.2) is 29.1 Å². The van der Waals surface area contributed by atoms with Crippen molar-refractivity contribution in [3.05, 3.63) is 70.8 Å². The molecule has 3 heteroatoms. The predicted octanol–water partition coefficient (Wildman–Crippen LogP) is 2.32. The number of fused-ring (bicyclic) bond motifs is 5. The van der Waals surface area contributed by atoms with E-state index in [4.69, 9.17) is 0 Å². The molecule has 100 valence electrons. The van der Waals surface area contributed by atoms with Crippen molar-refractivity contribution in [3.8, 4) is 0 Å². The van der Waals surface area contributed by atoms with Crippen molar-refractivity contribution in [2.75, 3.05) is 13.2 Å². The van der Waals surface area contributed by atoms with Gasteiger partial charge in [-0.15, -0.1) is 0 Å². The molecule has 0 fully saturated rings. The average Bonchev–Trinajstić information content (AvgIpc) is 2.80. The molecule has 2 aromatic rings. The van der Waals surface area contributed by atoms with Crippen molar-refractivity contribution in [2.24, 2.45) is 0 Å². The van der Waals surface area contributed by atoms with Crippen molar-refractivity contribution in [2.45, 2.75) is 12.0 Å². The Morgan fingerprint density at radius 2 is 1.65 bits per heavy atom. The fourth-order valence-electron chi connectivity index (χ4n) is 3.52. The Labute approximate surface area is 117 Å². The topological polar surface area (TPSA) is 40.5 Å². The molecule has 0 saturated carbocycles. The molecule has 4 rings (SSSR count). The zero-order chi connectivity index (χ0) is 13.7. The third kappa shape index (κ3) is 1.41. The maximum atomic E-state index is 12.5. The van der Waals surface area contributed by atoms with E-state index in [-0.39, 0.29) is 24.5 Å². The molecule has 2 aliphatic heterocycles. The molecule has 20 heavy (non-hydrogen) atoms. The number of hydrogen-bond acceptors (Lipinski definition) is 2. The Hall–Kier alpha value is -2.13. The minimum absolute atomic E-state index is 0.0118. The monoisotopic (exact) mass is 265 g/mol. The Balaban J connectivity index is 1.95. The molecule has 2 aliphatic rings. The first kappa shape index (κ1) is 11.7. The van der Waals surface area contributed by atoms with Crippen LogP contribution in [0.5, 0.6) is 0 Å². The first-order valence-corrected chi connectivity index (χ1v) is 6.91. The van der Waals surface area contributed by atoms with E-state index < -0.39 is 0 Å². The Kier molecular flexibility index (Phi) is 2.44. The van der Waals surface area contributed by atoms with Crippen LogP contribution in [0.1, 0.15) is 39.0 Å². The highest BCUT2D eigenvalue weighted by Crippen LogP contribution is 2.45. The number of amides is 1. The van der Waals surface area contributed by atoms with Crippen molar-refractivity contribution in [1.82, 2.24) is 4.90 Å². The lowest BCUT2D eigenvalue weighted by Crippen LogP contribution is -2.38. The minimum atomic E-state index is 0.0118. The molecule has 2 heterocycles. The second-order valence-electron chi connectivity index (χ2n) is 5.46. The van der Waals surface area contributed by atoms with Crippen LogP contribution in [0.2, 0.25) is 0 Å². The molecule has 0 bridgehead atoms. The number of hydrogen-bond donors (Lipinski definition) is 1. The lowest BCUT2D eigenvalue weighted by atomic mass is 9.84. The highest BCUT2D eigenvalue weighted by Gasteiger charge is 2.42. The van der Waals surface area contributed by atoms with E-state index in [0.717, 1.165) is 16.7 Å². The Bertz CT molecular complexity index is 695. The normalized spacial score (nSPS) is 23.2. The van der Waals surface area contributed by atoms with Gasteiger partial charge in [-0.3, -0.25) is 4.79 Å². The molecular formula is C17H15NO2. The second kappa shape index (κ2) is 4.18. The Morgan fingerprint density at radius 3 is 2.40 bits per heavy atom. The van der Waals surface area contributed by atoms with Gasteiger partial charge in [-0.05, 0) is 22.8 Å². The van der Waals surface area contributed by atoms with E-state index in [9.17, 15) is 9.90 Å². The maximum absolute atomic E-state index is 12.5. The highest BCUT2D eigenvalue weighted by atomic mass is 16.3. The van der Waals surface area contributed by atoms with Crippen molar-refractivity contribution in [3.63, 3.8) is 0 Å². The van der Waals surface area contributed by atoms with Gasteiger partial charge < -0.3 is 10.0 Å². The number of nitrogens with zero attached hydrogens (tertiary/aromatic N) is 1. The van der Waals surface area contributed by atoms with E-state index in [2.05, 4.69) is 12.1 Å². The van der Waals surface area contributed by atoms with Gasteiger partial charge in [-0.25, -0.2) is 0 Å². The minimum Gasteiger partial charge on any atom is -0.396 e. The van der Waals surface area contributed by atoms with Crippen LogP contribution in [0.25, 0.3) is 0 Å². The van der Waals surface area contributed by atoms with Gasteiger partial charge in [0.25, 0.3) is 5.91 Å².